The van der Waals surface area contributed by atoms with E-state index in [2.05, 4.69) is 0 Å². The molecule has 1 aromatic heterocycles. The first-order chi connectivity index (χ1) is 9.58. The Labute approximate surface area is 120 Å². The molecule has 108 valence electrons. The van der Waals surface area contributed by atoms with Crippen LogP contribution in [0.5, 0.6) is 0 Å². The minimum Gasteiger partial charge on any atom is -0.480 e. The lowest BCUT2D eigenvalue weighted by Gasteiger charge is -2.22. The normalized spacial score (nSPS) is 25.6. The van der Waals surface area contributed by atoms with Gasteiger partial charge in [0.05, 0.1) is 11.7 Å². The third-order valence-electron chi connectivity index (χ3n) is 4.12. The minimum atomic E-state index is -1.04. The van der Waals surface area contributed by atoms with Gasteiger partial charge in [-0.1, -0.05) is 0 Å². The summed E-state index contributed by atoms with van der Waals surface area (Å²) in [5, 5.41) is 20.7. The van der Waals surface area contributed by atoms with E-state index < -0.39 is 18.1 Å². The van der Waals surface area contributed by atoms with E-state index in [1.165, 1.54) is 9.78 Å². The lowest BCUT2D eigenvalue weighted by molar-refractivity contribution is -0.141. The van der Waals surface area contributed by atoms with Gasteiger partial charge in [0.2, 0.25) is 0 Å². The Morgan fingerprint density at radius 2 is 2.05 bits per heavy atom. The van der Waals surface area contributed by atoms with Gasteiger partial charge in [0.15, 0.2) is 0 Å². The number of aliphatic hydroxyl groups is 1. The standard InChI is InChI=1S/C14H17NO4S/c16-8-5-11(14(18)19)15(6-8)13(17)10-7-20-12-4-2-1-3-9(10)12/h7-8,11,16H,1-6H2,(H,18,19)/t8-,11-/m0/s1. The number of carboxylic acid groups (broad SMARTS) is 1. The fourth-order valence-electron chi connectivity index (χ4n) is 3.10. The number of amides is 1. The maximum Gasteiger partial charge on any atom is 0.326 e. The fraction of sp³-hybridized carbons (Fsp3) is 0.571. The number of thiophene rings is 1. The van der Waals surface area contributed by atoms with Crippen molar-refractivity contribution in [3.05, 3.63) is 21.4 Å². The Morgan fingerprint density at radius 3 is 2.80 bits per heavy atom. The highest BCUT2D eigenvalue weighted by atomic mass is 32.1. The summed E-state index contributed by atoms with van der Waals surface area (Å²) in [4.78, 5) is 26.4. The van der Waals surface area contributed by atoms with Gasteiger partial charge < -0.3 is 15.1 Å². The molecule has 3 rings (SSSR count). The van der Waals surface area contributed by atoms with Gasteiger partial charge in [-0.05, 0) is 31.2 Å². The molecule has 1 amide bonds. The monoisotopic (exact) mass is 295 g/mol. The molecule has 1 aromatic rings. The van der Waals surface area contributed by atoms with Gasteiger partial charge in [-0.3, -0.25) is 4.79 Å². The smallest absolute Gasteiger partial charge is 0.326 e. The first-order valence-electron chi connectivity index (χ1n) is 6.89. The van der Waals surface area contributed by atoms with Crippen LogP contribution in [0.15, 0.2) is 5.38 Å². The molecule has 0 aromatic carbocycles. The van der Waals surface area contributed by atoms with Crippen molar-refractivity contribution >= 4 is 23.2 Å². The summed E-state index contributed by atoms with van der Waals surface area (Å²) >= 11 is 1.59. The average Bonchev–Trinajstić information content (AvgIpc) is 3.01. The van der Waals surface area contributed by atoms with Gasteiger partial charge in [-0.15, -0.1) is 11.3 Å². The number of aryl methyl sites for hydroxylation is 1. The summed E-state index contributed by atoms with van der Waals surface area (Å²) < 4.78 is 0. The topological polar surface area (TPSA) is 77.8 Å². The molecule has 1 aliphatic heterocycles. The van der Waals surface area contributed by atoms with Crippen molar-refractivity contribution in [3.8, 4) is 0 Å². The summed E-state index contributed by atoms with van der Waals surface area (Å²) in [7, 11) is 0. The highest BCUT2D eigenvalue weighted by Crippen LogP contribution is 2.32. The van der Waals surface area contributed by atoms with Crippen LogP contribution >= 0.6 is 11.3 Å². The van der Waals surface area contributed by atoms with Crippen molar-refractivity contribution in [2.24, 2.45) is 0 Å². The number of likely N-dealkylation sites (tertiary alicyclic amines) is 1. The van der Waals surface area contributed by atoms with E-state index in [1.54, 1.807) is 11.3 Å². The molecule has 2 atom stereocenters. The van der Waals surface area contributed by atoms with Crippen LogP contribution < -0.4 is 0 Å². The van der Waals surface area contributed by atoms with Crippen LogP contribution in [-0.2, 0) is 17.6 Å². The van der Waals surface area contributed by atoms with Gasteiger partial charge in [0.25, 0.3) is 5.91 Å². The lowest BCUT2D eigenvalue weighted by atomic mass is 9.95. The Balaban J connectivity index is 1.88. The van der Waals surface area contributed by atoms with E-state index in [1.807, 2.05) is 5.38 Å². The molecule has 20 heavy (non-hydrogen) atoms. The van der Waals surface area contributed by atoms with Crippen molar-refractivity contribution in [2.45, 2.75) is 44.2 Å². The van der Waals surface area contributed by atoms with Crippen LogP contribution in [0.25, 0.3) is 0 Å². The Hall–Kier alpha value is -1.40. The third kappa shape index (κ3) is 2.23. The summed E-state index contributed by atoms with van der Waals surface area (Å²) in [5.41, 5.74) is 1.74. The zero-order valence-electron chi connectivity index (χ0n) is 11.0. The molecule has 1 aliphatic carbocycles. The summed E-state index contributed by atoms with van der Waals surface area (Å²) in [6.07, 6.45) is 3.52. The maximum absolute atomic E-state index is 12.6. The molecule has 2 aliphatic rings. The maximum atomic E-state index is 12.6. The molecule has 6 heteroatoms. The molecule has 1 saturated heterocycles. The number of hydrogen-bond acceptors (Lipinski definition) is 4. The predicted molar refractivity (Wildman–Crippen MR) is 74.0 cm³/mol. The highest BCUT2D eigenvalue weighted by Gasteiger charge is 2.40. The number of carbonyl (C=O) groups is 2. The number of β-amino-alcohol motifs (C(OH)–C–C–N with tert-alkyl or cyclic N) is 1. The molecule has 0 radical (unpaired) electrons. The number of carboxylic acids is 1. The largest absolute Gasteiger partial charge is 0.480 e. The lowest BCUT2D eigenvalue weighted by Crippen LogP contribution is -2.40. The van der Waals surface area contributed by atoms with Crippen molar-refractivity contribution in [1.82, 2.24) is 4.90 Å². The second-order valence-electron chi connectivity index (χ2n) is 5.46. The summed E-state index contributed by atoms with van der Waals surface area (Å²) in [6, 6.07) is -0.906. The van der Waals surface area contributed by atoms with Gasteiger partial charge in [0.1, 0.15) is 6.04 Å². The van der Waals surface area contributed by atoms with Crippen molar-refractivity contribution in [3.63, 3.8) is 0 Å². The van der Waals surface area contributed by atoms with E-state index in [0.717, 1.165) is 31.2 Å². The second kappa shape index (κ2) is 5.18. The number of nitrogens with zero attached hydrogens (tertiary/aromatic N) is 1. The second-order valence-corrected chi connectivity index (χ2v) is 6.42. The van der Waals surface area contributed by atoms with Crippen LogP contribution in [0.2, 0.25) is 0 Å². The predicted octanol–water partition coefficient (Wildman–Crippen LogP) is 1.29. The molecule has 0 spiro atoms. The molecule has 1 fully saturated rings. The number of fused-ring (bicyclic) bond motifs is 1. The van der Waals surface area contributed by atoms with E-state index in [-0.39, 0.29) is 18.9 Å². The van der Waals surface area contributed by atoms with Gasteiger partial charge in [0, 0.05) is 23.2 Å². The molecule has 0 saturated carbocycles. The summed E-state index contributed by atoms with van der Waals surface area (Å²) in [5.74, 6) is -1.28. The van der Waals surface area contributed by atoms with E-state index in [9.17, 15) is 19.8 Å². The van der Waals surface area contributed by atoms with Crippen LogP contribution in [0.3, 0.4) is 0 Å². The first-order valence-corrected chi connectivity index (χ1v) is 7.77. The van der Waals surface area contributed by atoms with Crippen molar-refractivity contribution < 1.29 is 19.8 Å². The quantitative estimate of drug-likeness (QED) is 0.862. The van der Waals surface area contributed by atoms with Crippen LogP contribution in [0.4, 0.5) is 0 Å². The number of aliphatic hydroxyl groups excluding tert-OH is 1. The molecule has 0 bridgehead atoms. The van der Waals surface area contributed by atoms with Crippen LogP contribution in [0.1, 0.15) is 40.1 Å². The Bertz CT molecular complexity index is 553. The number of aliphatic carboxylic acids is 1. The summed E-state index contributed by atoms with van der Waals surface area (Å²) in [6.45, 7) is 0.112. The number of hydrogen-bond donors (Lipinski definition) is 2. The van der Waals surface area contributed by atoms with Gasteiger partial charge >= 0.3 is 5.97 Å². The van der Waals surface area contributed by atoms with E-state index in [4.69, 9.17) is 0 Å². The van der Waals surface area contributed by atoms with Crippen molar-refractivity contribution in [2.75, 3.05) is 6.54 Å². The highest BCUT2D eigenvalue weighted by molar-refractivity contribution is 7.10. The minimum absolute atomic E-state index is 0.112. The molecule has 2 N–H and O–H groups in total. The average molecular weight is 295 g/mol. The molecule has 5 nitrogen and oxygen atoms in total. The van der Waals surface area contributed by atoms with Gasteiger partial charge in [-0.2, -0.15) is 0 Å². The first kappa shape index (κ1) is 13.6. The zero-order chi connectivity index (χ0) is 14.3. The fourth-order valence-corrected chi connectivity index (χ4v) is 4.22. The molecular formula is C14H17NO4S. The molecular weight excluding hydrogens is 278 g/mol. The van der Waals surface area contributed by atoms with E-state index >= 15 is 0 Å². The van der Waals surface area contributed by atoms with Crippen LogP contribution in [-0.4, -0.2) is 45.7 Å². The van der Waals surface area contributed by atoms with Crippen LogP contribution in [0, 0.1) is 0 Å². The zero-order valence-corrected chi connectivity index (χ0v) is 11.9. The Kier molecular flexibility index (Phi) is 3.52. The number of carbonyl (C=O) groups excluding carboxylic acids is 1. The number of rotatable bonds is 2. The van der Waals surface area contributed by atoms with Gasteiger partial charge in [-0.25, -0.2) is 4.79 Å². The van der Waals surface area contributed by atoms with Crippen molar-refractivity contribution in [1.29, 1.82) is 0 Å². The van der Waals surface area contributed by atoms with E-state index in [0.29, 0.717) is 5.56 Å². The Morgan fingerprint density at radius 1 is 1.30 bits per heavy atom. The molecule has 0 unspecified atom stereocenters. The third-order valence-corrected chi connectivity index (χ3v) is 5.21. The SMILES string of the molecule is O=C(O)[C@@H]1C[C@H](O)CN1C(=O)c1csc2c1CCCC2. The molecule has 2 heterocycles.